The Kier molecular flexibility index (Phi) is 4.86. The maximum absolute atomic E-state index is 9.56. The molecule has 3 heteroatoms. The lowest BCUT2D eigenvalue weighted by Crippen LogP contribution is -2.55. The van der Waals surface area contributed by atoms with Crippen LogP contribution in [0, 0.1) is 23.2 Å². The van der Waals surface area contributed by atoms with E-state index in [1.807, 2.05) is 0 Å². The molecule has 2 aliphatic rings. The van der Waals surface area contributed by atoms with Gasteiger partial charge < -0.3 is 0 Å². The molecule has 4 atom stereocenters. The minimum Gasteiger partial charge on any atom is -0.300 e. The smallest absolute Gasteiger partial charge is 0.108 e. The summed E-state index contributed by atoms with van der Waals surface area (Å²) in [5, 5.41) is 13.0. The standard InChI is InChI=1S/C16H29N3/c1-4-18-16(12-17)7-5-6-15(9-16)19-10-13(2)8-14(3)11-19/h13-15,18H,4-11H2,1-3H3. The van der Waals surface area contributed by atoms with E-state index in [1.54, 1.807) is 0 Å². The fourth-order valence-electron chi connectivity index (χ4n) is 4.21. The molecule has 3 nitrogen and oxygen atoms in total. The molecule has 0 radical (unpaired) electrons. The molecule has 0 aromatic heterocycles. The molecule has 2 rings (SSSR count). The molecule has 0 amide bonds. The molecule has 2 fully saturated rings. The fourth-order valence-corrected chi connectivity index (χ4v) is 4.21. The molecule has 0 bridgehead atoms. The van der Waals surface area contributed by atoms with Crippen LogP contribution < -0.4 is 5.32 Å². The van der Waals surface area contributed by atoms with Crippen LogP contribution in [-0.4, -0.2) is 36.1 Å². The summed E-state index contributed by atoms with van der Waals surface area (Å²) in [5.74, 6) is 1.61. The highest BCUT2D eigenvalue weighted by Gasteiger charge is 2.39. The highest BCUT2D eigenvalue weighted by molar-refractivity contribution is 5.11. The molecule has 0 aromatic rings. The van der Waals surface area contributed by atoms with Crippen molar-refractivity contribution in [2.24, 2.45) is 11.8 Å². The molecule has 1 N–H and O–H groups in total. The Morgan fingerprint density at radius 2 is 2.00 bits per heavy atom. The molecule has 0 aromatic carbocycles. The van der Waals surface area contributed by atoms with E-state index < -0.39 is 0 Å². The summed E-state index contributed by atoms with van der Waals surface area (Å²) in [4.78, 5) is 2.67. The summed E-state index contributed by atoms with van der Waals surface area (Å²) in [7, 11) is 0. The van der Waals surface area contributed by atoms with Crippen molar-refractivity contribution in [3.8, 4) is 6.07 Å². The number of nitrogens with one attached hydrogen (secondary N) is 1. The van der Waals surface area contributed by atoms with Gasteiger partial charge in [-0.2, -0.15) is 5.26 Å². The summed E-state index contributed by atoms with van der Waals surface area (Å²) in [6.07, 6.45) is 5.85. The zero-order valence-electron chi connectivity index (χ0n) is 12.8. The van der Waals surface area contributed by atoms with Crippen LogP contribution in [0.2, 0.25) is 0 Å². The molecule has 1 aliphatic heterocycles. The van der Waals surface area contributed by atoms with Gasteiger partial charge in [-0.3, -0.25) is 10.2 Å². The Hall–Kier alpha value is -0.590. The van der Waals surface area contributed by atoms with E-state index in [0.717, 1.165) is 31.2 Å². The normalized spacial score (nSPS) is 40.8. The summed E-state index contributed by atoms with van der Waals surface area (Å²) in [6, 6.07) is 3.18. The summed E-state index contributed by atoms with van der Waals surface area (Å²) < 4.78 is 0. The molecular formula is C16H29N3. The highest BCUT2D eigenvalue weighted by atomic mass is 15.2. The number of nitrogens with zero attached hydrogens (tertiary/aromatic N) is 2. The SMILES string of the molecule is CCNC1(C#N)CCCC(N2CC(C)CC(C)C2)C1. The molecule has 19 heavy (non-hydrogen) atoms. The van der Waals surface area contributed by atoms with E-state index >= 15 is 0 Å². The summed E-state index contributed by atoms with van der Waals surface area (Å²) in [6.45, 7) is 10.2. The average Bonchev–Trinajstić information content (AvgIpc) is 2.38. The van der Waals surface area contributed by atoms with Gasteiger partial charge in [-0.15, -0.1) is 0 Å². The van der Waals surface area contributed by atoms with Gasteiger partial charge in [0.1, 0.15) is 5.54 Å². The first-order valence-corrected chi connectivity index (χ1v) is 7.99. The number of rotatable bonds is 3. The maximum Gasteiger partial charge on any atom is 0.108 e. The molecule has 1 heterocycles. The number of nitriles is 1. The first kappa shape index (κ1) is 14.8. The van der Waals surface area contributed by atoms with Crippen molar-refractivity contribution in [2.75, 3.05) is 19.6 Å². The monoisotopic (exact) mass is 263 g/mol. The van der Waals surface area contributed by atoms with Gasteiger partial charge in [0.15, 0.2) is 0 Å². The second-order valence-electron chi connectivity index (χ2n) is 6.87. The van der Waals surface area contributed by atoms with Crippen LogP contribution in [0.15, 0.2) is 0 Å². The van der Waals surface area contributed by atoms with E-state index in [2.05, 4.69) is 37.1 Å². The van der Waals surface area contributed by atoms with Gasteiger partial charge in [0, 0.05) is 19.1 Å². The third kappa shape index (κ3) is 3.49. The lowest BCUT2D eigenvalue weighted by Gasteiger charge is -2.45. The van der Waals surface area contributed by atoms with Crippen LogP contribution in [0.4, 0.5) is 0 Å². The van der Waals surface area contributed by atoms with Crippen LogP contribution in [-0.2, 0) is 0 Å². The van der Waals surface area contributed by atoms with Gasteiger partial charge in [-0.1, -0.05) is 20.8 Å². The number of hydrogen-bond acceptors (Lipinski definition) is 3. The minimum atomic E-state index is -0.262. The second-order valence-corrected chi connectivity index (χ2v) is 6.87. The van der Waals surface area contributed by atoms with Gasteiger partial charge >= 0.3 is 0 Å². The van der Waals surface area contributed by atoms with Crippen LogP contribution in [0.25, 0.3) is 0 Å². The topological polar surface area (TPSA) is 39.1 Å². The van der Waals surface area contributed by atoms with Crippen molar-refractivity contribution < 1.29 is 0 Å². The molecule has 1 aliphatic carbocycles. The van der Waals surface area contributed by atoms with Gasteiger partial charge in [0.2, 0.25) is 0 Å². The number of likely N-dealkylation sites (tertiary alicyclic amines) is 1. The van der Waals surface area contributed by atoms with Crippen molar-refractivity contribution >= 4 is 0 Å². The second kappa shape index (κ2) is 6.24. The Morgan fingerprint density at radius 1 is 1.32 bits per heavy atom. The van der Waals surface area contributed by atoms with E-state index in [-0.39, 0.29) is 5.54 Å². The van der Waals surface area contributed by atoms with Crippen LogP contribution in [0.5, 0.6) is 0 Å². The summed E-state index contributed by atoms with van der Waals surface area (Å²) >= 11 is 0. The van der Waals surface area contributed by atoms with Gasteiger partial charge in [0.05, 0.1) is 6.07 Å². The average molecular weight is 263 g/mol. The molecule has 0 spiro atoms. The predicted octanol–water partition coefficient (Wildman–Crippen LogP) is 2.78. The van der Waals surface area contributed by atoms with Crippen LogP contribution >= 0.6 is 0 Å². The van der Waals surface area contributed by atoms with Gasteiger partial charge in [-0.25, -0.2) is 0 Å². The van der Waals surface area contributed by atoms with E-state index in [9.17, 15) is 5.26 Å². The highest BCUT2D eigenvalue weighted by Crippen LogP contribution is 2.33. The zero-order valence-corrected chi connectivity index (χ0v) is 12.8. The van der Waals surface area contributed by atoms with E-state index in [1.165, 1.54) is 32.4 Å². The molecular weight excluding hydrogens is 234 g/mol. The third-order valence-electron chi connectivity index (χ3n) is 4.87. The third-order valence-corrected chi connectivity index (χ3v) is 4.87. The van der Waals surface area contributed by atoms with Gasteiger partial charge in [-0.05, 0) is 50.5 Å². The van der Waals surface area contributed by atoms with Crippen molar-refractivity contribution in [1.82, 2.24) is 10.2 Å². The zero-order chi connectivity index (χ0) is 13.9. The minimum absolute atomic E-state index is 0.262. The largest absolute Gasteiger partial charge is 0.300 e. The fraction of sp³-hybridized carbons (Fsp3) is 0.938. The molecule has 1 saturated heterocycles. The lowest BCUT2D eigenvalue weighted by atomic mass is 9.78. The Bertz CT molecular complexity index is 321. The first-order chi connectivity index (χ1) is 9.08. The van der Waals surface area contributed by atoms with Crippen LogP contribution in [0.1, 0.15) is 52.9 Å². The number of hydrogen-bond donors (Lipinski definition) is 1. The Balaban J connectivity index is 2.02. The predicted molar refractivity (Wildman–Crippen MR) is 78.8 cm³/mol. The quantitative estimate of drug-likeness (QED) is 0.851. The van der Waals surface area contributed by atoms with E-state index in [4.69, 9.17) is 0 Å². The Morgan fingerprint density at radius 3 is 2.58 bits per heavy atom. The van der Waals surface area contributed by atoms with Crippen molar-refractivity contribution in [3.05, 3.63) is 0 Å². The van der Waals surface area contributed by atoms with Crippen molar-refractivity contribution in [2.45, 2.75) is 64.5 Å². The Labute approximate surface area is 118 Å². The molecule has 108 valence electrons. The first-order valence-electron chi connectivity index (χ1n) is 7.99. The number of piperidine rings is 1. The van der Waals surface area contributed by atoms with Crippen molar-refractivity contribution in [3.63, 3.8) is 0 Å². The van der Waals surface area contributed by atoms with E-state index in [0.29, 0.717) is 6.04 Å². The van der Waals surface area contributed by atoms with Crippen LogP contribution in [0.3, 0.4) is 0 Å². The maximum atomic E-state index is 9.56. The van der Waals surface area contributed by atoms with Gasteiger partial charge in [0.25, 0.3) is 0 Å². The molecule has 4 unspecified atom stereocenters. The molecule has 1 saturated carbocycles. The lowest BCUT2D eigenvalue weighted by molar-refractivity contribution is 0.0585. The summed E-state index contributed by atoms with van der Waals surface area (Å²) in [5.41, 5.74) is -0.262. The van der Waals surface area contributed by atoms with Crippen molar-refractivity contribution in [1.29, 1.82) is 5.26 Å².